The van der Waals surface area contributed by atoms with Crippen molar-refractivity contribution in [3.8, 4) is 11.3 Å². The zero-order valence-electron chi connectivity index (χ0n) is 17.0. The van der Waals surface area contributed by atoms with Crippen LogP contribution >= 0.6 is 0 Å². The monoisotopic (exact) mass is 454 g/mol. The molecule has 0 saturated heterocycles. The number of hydrogen-bond acceptors (Lipinski definition) is 4. The Hall–Kier alpha value is -4.27. The highest BCUT2D eigenvalue weighted by Crippen LogP contribution is 2.32. The van der Waals surface area contributed by atoms with E-state index in [-0.39, 0.29) is 35.3 Å². The second-order valence-electron chi connectivity index (χ2n) is 7.05. The minimum absolute atomic E-state index is 0.0234. The number of carbonyl (C=O) groups excluding carboxylic acids is 2. The first-order valence-electron chi connectivity index (χ1n) is 9.79. The molecule has 0 fully saturated rings. The van der Waals surface area contributed by atoms with Crippen LogP contribution < -0.4 is 10.6 Å². The minimum atomic E-state index is -4.47. The third-order valence-electron chi connectivity index (χ3n) is 4.71. The van der Waals surface area contributed by atoms with Crippen LogP contribution in [0.4, 0.5) is 18.9 Å². The quantitative estimate of drug-likeness (QED) is 0.389. The third-order valence-corrected chi connectivity index (χ3v) is 4.71. The lowest BCUT2D eigenvalue weighted by atomic mass is 10.1. The van der Waals surface area contributed by atoms with Gasteiger partial charge in [0, 0.05) is 17.8 Å². The smallest absolute Gasteiger partial charge is 0.416 e. The number of amides is 2. The predicted molar refractivity (Wildman–Crippen MR) is 113 cm³/mol. The molecule has 2 aromatic heterocycles. The molecular weight excluding hydrogens is 437 g/mol. The topological polar surface area (TPSA) is 84.5 Å². The summed E-state index contributed by atoms with van der Waals surface area (Å²) in [5.41, 5.74) is 0.745. The number of hydrogen-bond donors (Lipinski definition) is 2. The second-order valence-corrected chi connectivity index (χ2v) is 7.05. The maximum atomic E-state index is 12.9. The van der Waals surface area contributed by atoms with Crippen LogP contribution in [0.15, 0.2) is 87.9 Å². The highest BCUT2D eigenvalue weighted by Gasteiger charge is 2.30. The van der Waals surface area contributed by atoms with E-state index < -0.39 is 17.6 Å². The van der Waals surface area contributed by atoms with E-state index in [1.54, 1.807) is 36.4 Å². The van der Waals surface area contributed by atoms with Gasteiger partial charge in [0.2, 0.25) is 0 Å². The molecule has 0 atom stereocenters. The number of carbonyl (C=O) groups is 2. The van der Waals surface area contributed by atoms with Crippen molar-refractivity contribution in [2.45, 2.75) is 12.7 Å². The van der Waals surface area contributed by atoms with Gasteiger partial charge in [0.25, 0.3) is 11.8 Å². The lowest BCUT2D eigenvalue weighted by Gasteiger charge is -2.07. The van der Waals surface area contributed by atoms with Gasteiger partial charge in [0.1, 0.15) is 5.76 Å². The fourth-order valence-corrected chi connectivity index (χ4v) is 3.04. The van der Waals surface area contributed by atoms with E-state index in [2.05, 4.69) is 10.6 Å². The molecule has 2 aromatic carbocycles. The Morgan fingerprint density at radius 1 is 0.848 bits per heavy atom. The number of rotatable bonds is 6. The molecule has 33 heavy (non-hydrogen) atoms. The number of furan rings is 2. The first kappa shape index (κ1) is 21.9. The van der Waals surface area contributed by atoms with Crippen LogP contribution in [-0.2, 0) is 12.7 Å². The maximum absolute atomic E-state index is 12.9. The molecule has 0 saturated carbocycles. The molecule has 0 aliphatic carbocycles. The summed E-state index contributed by atoms with van der Waals surface area (Å²) in [6.07, 6.45) is -3.07. The molecule has 4 aromatic rings. The lowest BCUT2D eigenvalue weighted by molar-refractivity contribution is -0.137. The van der Waals surface area contributed by atoms with Crippen LogP contribution in [0, 0.1) is 0 Å². The Balaban J connectivity index is 1.35. The minimum Gasteiger partial charge on any atom is -0.459 e. The number of halogens is 3. The molecule has 0 radical (unpaired) electrons. The summed E-state index contributed by atoms with van der Waals surface area (Å²) >= 11 is 0. The normalized spacial score (nSPS) is 11.2. The SMILES string of the molecule is O=C(Nc1ccc(CNC(=O)c2ccc(-c3cccc(C(F)(F)F)c3)o2)cc1)c1ccco1. The standard InChI is InChI=1S/C24H17F3N2O4/c25-24(26,27)17-4-1-3-16(13-17)19-10-11-21(33-19)22(30)28-14-15-6-8-18(9-7-15)29-23(31)20-5-2-12-32-20/h1-13H,14H2,(H,28,30)(H,29,31). The van der Waals surface area contributed by atoms with Crippen LogP contribution in [0.1, 0.15) is 32.2 Å². The average molecular weight is 454 g/mol. The van der Waals surface area contributed by atoms with Crippen LogP contribution in [0.2, 0.25) is 0 Å². The molecule has 9 heteroatoms. The van der Waals surface area contributed by atoms with E-state index in [9.17, 15) is 22.8 Å². The first-order chi connectivity index (χ1) is 15.8. The molecule has 0 aliphatic heterocycles. The van der Waals surface area contributed by atoms with Gasteiger partial charge >= 0.3 is 6.18 Å². The Kier molecular flexibility index (Phi) is 6.03. The molecular formula is C24H17F3N2O4. The van der Waals surface area contributed by atoms with E-state index in [0.717, 1.165) is 17.7 Å². The summed E-state index contributed by atoms with van der Waals surface area (Å²) in [6.45, 7) is 0.185. The first-order valence-corrected chi connectivity index (χ1v) is 9.79. The van der Waals surface area contributed by atoms with Crippen molar-refractivity contribution in [2.24, 2.45) is 0 Å². The molecule has 2 heterocycles. The molecule has 6 nitrogen and oxygen atoms in total. The van der Waals surface area contributed by atoms with Crippen molar-refractivity contribution in [1.82, 2.24) is 5.32 Å². The van der Waals surface area contributed by atoms with Gasteiger partial charge < -0.3 is 19.5 Å². The summed E-state index contributed by atoms with van der Waals surface area (Å²) in [7, 11) is 0. The van der Waals surface area contributed by atoms with Crippen molar-refractivity contribution in [3.05, 3.63) is 102 Å². The number of alkyl halides is 3. The van der Waals surface area contributed by atoms with Gasteiger partial charge in [-0.25, -0.2) is 0 Å². The summed E-state index contributed by atoms with van der Waals surface area (Å²) in [5, 5.41) is 5.37. The molecule has 0 unspecified atom stereocenters. The van der Waals surface area contributed by atoms with Gasteiger partial charge in [0.05, 0.1) is 11.8 Å². The van der Waals surface area contributed by atoms with Gasteiger partial charge in [-0.2, -0.15) is 13.2 Å². The van der Waals surface area contributed by atoms with Gasteiger partial charge in [0.15, 0.2) is 11.5 Å². The maximum Gasteiger partial charge on any atom is 0.416 e. The van der Waals surface area contributed by atoms with Crippen molar-refractivity contribution in [1.29, 1.82) is 0 Å². The van der Waals surface area contributed by atoms with Crippen LogP contribution in [0.5, 0.6) is 0 Å². The van der Waals surface area contributed by atoms with Gasteiger partial charge in [-0.15, -0.1) is 0 Å². The largest absolute Gasteiger partial charge is 0.459 e. The number of anilines is 1. The average Bonchev–Trinajstić information content (AvgIpc) is 3.50. The summed E-state index contributed by atoms with van der Waals surface area (Å²) in [5.74, 6) is -0.569. The van der Waals surface area contributed by atoms with Crippen molar-refractivity contribution < 1.29 is 31.6 Å². The lowest BCUT2D eigenvalue weighted by Crippen LogP contribution is -2.22. The molecule has 0 aliphatic rings. The van der Waals surface area contributed by atoms with E-state index in [1.807, 2.05) is 0 Å². The van der Waals surface area contributed by atoms with Crippen molar-refractivity contribution in [3.63, 3.8) is 0 Å². The summed E-state index contributed by atoms with van der Waals surface area (Å²) in [6, 6.07) is 17.5. The molecule has 168 valence electrons. The number of benzene rings is 2. The molecule has 0 bridgehead atoms. The molecule has 2 amide bonds. The van der Waals surface area contributed by atoms with Crippen molar-refractivity contribution >= 4 is 17.5 Å². The third kappa shape index (κ3) is 5.32. The fourth-order valence-electron chi connectivity index (χ4n) is 3.04. The molecule has 4 rings (SSSR count). The van der Waals surface area contributed by atoms with Crippen LogP contribution in [-0.4, -0.2) is 11.8 Å². The van der Waals surface area contributed by atoms with Crippen molar-refractivity contribution in [2.75, 3.05) is 5.32 Å². The van der Waals surface area contributed by atoms with Gasteiger partial charge in [-0.05, 0) is 54.1 Å². The Morgan fingerprint density at radius 3 is 2.33 bits per heavy atom. The summed E-state index contributed by atoms with van der Waals surface area (Å²) in [4.78, 5) is 24.4. The zero-order valence-corrected chi connectivity index (χ0v) is 17.0. The highest BCUT2D eigenvalue weighted by molar-refractivity contribution is 6.02. The van der Waals surface area contributed by atoms with Crippen LogP contribution in [0.25, 0.3) is 11.3 Å². The van der Waals surface area contributed by atoms with E-state index >= 15 is 0 Å². The summed E-state index contributed by atoms with van der Waals surface area (Å²) < 4.78 is 49.2. The predicted octanol–water partition coefficient (Wildman–Crippen LogP) is 5.74. The Bertz CT molecular complexity index is 1260. The Labute approximate surface area is 186 Å². The van der Waals surface area contributed by atoms with Gasteiger partial charge in [-0.3, -0.25) is 9.59 Å². The zero-order chi connectivity index (χ0) is 23.4. The highest BCUT2D eigenvalue weighted by atomic mass is 19.4. The second kappa shape index (κ2) is 9.07. The van der Waals surface area contributed by atoms with E-state index in [0.29, 0.717) is 5.69 Å². The molecule has 2 N–H and O–H groups in total. The van der Waals surface area contributed by atoms with E-state index in [1.165, 1.54) is 30.5 Å². The number of nitrogens with one attached hydrogen (secondary N) is 2. The fraction of sp³-hybridized carbons (Fsp3) is 0.0833. The molecule has 0 spiro atoms. The van der Waals surface area contributed by atoms with Crippen LogP contribution in [0.3, 0.4) is 0 Å². The van der Waals surface area contributed by atoms with Gasteiger partial charge in [-0.1, -0.05) is 24.3 Å². The Morgan fingerprint density at radius 2 is 1.64 bits per heavy atom. The van der Waals surface area contributed by atoms with E-state index in [4.69, 9.17) is 8.83 Å².